The molecular weight excluding hydrogens is 366 g/mol. The molecular formula is C6H12Cl2N2Pt+2. The predicted molar refractivity (Wildman–Crippen MR) is 44.0 cm³/mol. The monoisotopic (exact) mass is 377 g/mol. The summed E-state index contributed by atoms with van der Waals surface area (Å²) >= 11 is 11.8. The zero-order valence-corrected chi connectivity index (χ0v) is 9.84. The fraction of sp³-hybridized carbons (Fsp3) is 1.00. The molecule has 0 saturated heterocycles. The molecule has 2 atom stereocenters. The van der Waals surface area contributed by atoms with Crippen LogP contribution >= 0.6 is 23.2 Å². The molecule has 2 nitrogen and oxygen atoms in total. The molecule has 68 valence electrons. The number of hydrogen-bond acceptors (Lipinski definition) is 2. The number of rotatable bonds is 0. The van der Waals surface area contributed by atoms with Crippen LogP contribution < -0.4 is 11.5 Å². The smallest absolute Gasteiger partial charge is 0.310 e. The average molecular weight is 378 g/mol. The second-order valence-electron chi connectivity index (χ2n) is 2.93. The van der Waals surface area contributed by atoms with E-state index in [0.29, 0.717) is 12.8 Å². The summed E-state index contributed by atoms with van der Waals surface area (Å²) in [7, 11) is 0. The van der Waals surface area contributed by atoms with Crippen molar-refractivity contribution in [1.29, 1.82) is 0 Å². The minimum Gasteiger partial charge on any atom is -0.310 e. The van der Waals surface area contributed by atoms with Gasteiger partial charge in [0.1, 0.15) is 10.00 Å². The molecule has 1 rings (SSSR count). The summed E-state index contributed by atoms with van der Waals surface area (Å²) in [6, 6.07) is 0. The summed E-state index contributed by atoms with van der Waals surface area (Å²) < 4.78 is 0. The Kier molecular flexibility index (Phi) is 4.36. The first-order valence-corrected chi connectivity index (χ1v) is 4.17. The molecule has 1 aliphatic rings. The third-order valence-corrected chi connectivity index (χ3v) is 3.17. The van der Waals surface area contributed by atoms with Gasteiger partial charge in [-0.3, -0.25) is 0 Å². The molecule has 0 heterocycles. The first kappa shape index (κ1) is 12.2. The Hall–Kier alpha value is 1.19. The molecule has 11 heavy (non-hydrogen) atoms. The van der Waals surface area contributed by atoms with Crippen LogP contribution in [0.3, 0.4) is 0 Å². The molecule has 4 N–H and O–H groups in total. The van der Waals surface area contributed by atoms with Crippen molar-refractivity contribution in [2.75, 3.05) is 0 Å². The van der Waals surface area contributed by atoms with Gasteiger partial charge in [-0.2, -0.15) is 0 Å². The molecule has 5 heteroatoms. The molecule has 0 amide bonds. The van der Waals surface area contributed by atoms with E-state index in [-0.39, 0.29) is 21.1 Å². The topological polar surface area (TPSA) is 52.0 Å². The van der Waals surface area contributed by atoms with Crippen molar-refractivity contribution in [2.45, 2.75) is 35.7 Å². The molecule has 0 aromatic carbocycles. The van der Waals surface area contributed by atoms with Crippen molar-refractivity contribution in [2.24, 2.45) is 11.5 Å². The van der Waals surface area contributed by atoms with E-state index in [2.05, 4.69) is 0 Å². The van der Waals surface area contributed by atoms with Crippen LogP contribution in [0.2, 0.25) is 0 Å². The fourth-order valence-corrected chi connectivity index (χ4v) is 1.64. The van der Waals surface area contributed by atoms with E-state index in [1.54, 1.807) is 0 Å². The molecule has 1 aliphatic carbocycles. The van der Waals surface area contributed by atoms with E-state index >= 15 is 0 Å². The van der Waals surface area contributed by atoms with Crippen LogP contribution in [0.5, 0.6) is 0 Å². The quantitative estimate of drug-likeness (QED) is 0.494. The number of hydrogen-bond donors (Lipinski definition) is 2. The van der Waals surface area contributed by atoms with Crippen LogP contribution in [0.1, 0.15) is 25.7 Å². The van der Waals surface area contributed by atoms with E-state index in [4.69, 9.17) is 34.7 Å². The van der Waals surface area contributed by atoms with E-state index in [1.165, 1.54) is 0 Å². The van der Waals surface area contributed by atoms with Gasteiger partial charge in [0.2, 0.25) is 0 Å². The standard InChI is InChI=1S/C6H12Cl2N2.Pt/c7-5(9)3-1-2-4-6(5,8)10;/h1-4,9-10H2;/q;+2. The van der Waals surface area contributed by atoms with Gasteiger partial charge in [0.25, 0.3) is 0 Å². The van der Waals surface area contributed by atoms with Gasteiger partial charge in [-0.05, 0) is 12.8 Å². The molecule has 0 spiro atoms. The van der Waals surface area contributed by atoms with Gasteiger partial charge in [-0.15, -0.1) is 0 Å². The Bertz CT molecular complexity index is 123. The van der Waals surface area contributed by atoms with Crippen LogP contribution in [0.15, 0.2) is 0 Å². The van der Waals surface area contributed by atoms with Crippen LogP contribution in [0.4, 0.5) is 0 Å². The average Bonchev–Trinajstić information content (AvgIpc) is 1.77. The molecule has 0 aliphatic heterocycles. The van der Waals surface area contributed by atoms with Gasteiger partial charge in [-0.25, -0.2) is 0 Å². The van der Waals surface area contributed by atoms with Crippen molar-refractivity contribution in [3.63, 3.8) is 0 Å². The normalized spacial score (nSPS) is 44.7. The first-order valence-electron chi connectivity index (χ1n) is 3.41. The fourth-order valence-electron chi connectivity index (χ4n) is 1.18. The van der Waals surface area contributed by atoms with E-state index in [0.717, 1.165) is 12.8 Å². The van der Waals surface area contributed by atoms with E-state index in [1.807, 2.05) is 0 Å². The summed E-state index contributed by atoms with van der Waals surface area (Å²) in [4.78, 5) is -1.82. The first-order chi connectivity index (χ1) is 4.46. The Balaban J connectivity index is 0.000001000. The third-order valence-electron chi connectivity index (χ3n) is 2.02. The van der Waals surface area contributed by atoms with Crippen molar-refractivity contribution in [3.8, 4) is 0 Å². The second-order valence-corrected chi connectivity index (χ2v) is 4.28. The van der Waals surface area contributed by atoms with Crippen molar-refractivity contribution >= 4 is 23.2 Å². The largest absolute Gasteiger partial charge is 2.00 e. The molecule has 1 saturated carbocycles. The van der Waals surface area contributed by atoms with Crippen molar-refractivity contribution in [1.82, 2.24) is 0 Å². The number of halogens is 2. The SMILES string of the molecule is NC1(Cl)CCCCC1(N)Cl.[Pt+2]. The summed E-state index contributed by atoms with van der Waals surface area (Å²) in [5.74, 6) is 0. The van der Waals surface area contributed by atoms with Gasteiger partial charge in [0, 0.05) is 0 Å². The van der Waals surface area contributed by atoms with Gasteiger partial charge < -0.3 is 11.5 Å². The van der Waals surface area contributed by atoms with Gasteiger partial charge >= 0.3 is 21.1 Å². The van der Waals surface area contributed by atoms with Gasteiger partial charge in [0.15, 0.2) is 0 Å². The Morgan fingerprint density at radius 2 is 1.18 bits per heavy atom. The Morgan fingerprint density at radius 3 is 1.36 bits per heavy atom. The molecule has 0 aromatic rings. The summed E-state index contributed by atoms with van der Waals surface area (Å²) in [6.07, 6.45) is 3.44. The zero-order chi connectivity index (χ0) is 7.83. The summed E-state index contributed by atoms with van der Waals surface area (Å²) in [5.41, 5.74) is 11.3. The van der Waals surface area contributed by atoms with Crippen LogP contribution in [0.25, 0.3) is 0 Å². The van der Waals surface area contributed by atoms with Crippen molar-refractivity contribution < 1.29 is 21.1 Å². The minimum absolute atomic E-state index is 0. The van der Waals surface area contributed by atoms with Crippen LogP contribution in [0, 0.1) is 0 Å². The zero-order valence-electron chi connectivity index (χ0n) is 6.06. The van der Waals surface area contributed by atoms with Crippen LogP contribution in [-0.4, -0.2) is 10.00 Å². The maximum Gasteiger partial charge on any atom is 2.00 e. The van der Waals surface area contributed by atoms with Crippen molar-refractivity contribution in [3.05, 3.63) is 0 Å². The van der Waals surface area contributed by atoms with Gasteiger partial charge in [-0.1, -0.05) is 36.0 Å². The molecule has 0 bridgehead atoms. The maximum atomic E-state index is 5.88. The van der Waals surface area contributed by atoms with E-state index in [9.17, 15) is 0 Å². The summed E-state index contributed by atoms with van der Waals surface area (Å²) in [6.45, 7) is 0. The molecule has 0 aromatic heterocycles. The summed E-state index contributed by atoms with van der Waals surface area (Å²) in [5, 5.41) is 0. The Morgan fingerprint density at radius 1 is 0.909 bits per heavy atom. The minimum atomic E-state index is -0.910. The molecule has 1 fully saturated rings. The molecule has 0 radical (unpaired) electrons. The maximum absolute atomic E-state index is 5.88. The Labute approximate surface area is 91.2 Å². The van der Waals surface area contributed by atoms with Crippen LogP contribution in [-0.2, 0) is 21.1 Å². The molecule has 2 unspecified atom stereocenters. The predicted octanol–water partition coefficient (Wildman–Crippen LogP) is 1.35. The van der Waals surface area contributed by atoms with Gasteiger partial charge in [0.05, 0.1) is 0 Å². The third kappa shape index (κ3) is 2.57. The van der Waals surface area contributed by atoms with E-state index < -0.39 is 10.00 Å². The second kappa shape index (κ2) is 3.93. The number of alkyl halides is 2. The number of nitrogens with two attached hydrogens (primary N) is 2.